The van der Waals surface area contributed by atoms with Crippen molar-refractivity contribution >= 4 is 39.5 Å². The normalized spacial score (nSPS) is 13.8. The zero-order valence-corrected chi connectivity index (χ0v) is 17.5. The minimum atomic E-state index is -4.62. The second-order valence-corrected chi connectivity index (χ2v) is 8.00. The predicted octanol–water partition coefficient (Wildman–Crippen LogP) is 4.66. The Balaban J connectivity index is 1.47. The lowest BCUT2D eigenvalue weighted by atomic mass is 10.2. The van der Waals surface area contributed by atoms with Gasteiger partial charge in [-0.05, 0) is 37.1 Å². The molecule has 1 aliphatic rings. The van der Waals surface area contributed by atoms with Gasteiger partial charge in [0.2, 0.25) is 0 Å². The van der Waals surface area contributed by atoms with Gasteiger partial charge in [-0.2, -0.15) is 13.2 Å². The molecule has 0 saturated carbocycles. The summed E-state index contributed by atoms with van der Waals surface area (Å²) in [5.41, 5.74) is 1.60. The number of carbonyl (C=O) groups is 2. The fraction of sp³-hybridized carbons (Fsp3) is 0.238. The van der Waals surface area contributed by atoms with Crippen molar-refractivity contribution in [3.05, 3.63) is 65.1 Å². The Morgan fingerprint density at radius 3 is 2.56 bits per heavy atom. The molecule has 4 rings (SSSR count). The summed E-state index contributed by atoms with van der Waals surface area (Å²) >= 11 is 0.990. The van der Waals surface area contributed by atoms with Crippen LogP contribution in [-0.4, -0.2) is 34.9 Å². The molecule has 0 aliphatic carbocycles. The van der Waals surface area contributed by atoms with E-state index in [1.807, 2.05) is 18.2 Å². The van der Waals surface area contributed by atoms with Gasteiger partial charge in [0.25, 0.3) is 11.8 Å². The number of pyridine rings is 1. The van der Waals surface area contributed by atoms with Gasteiger partial charge >= 0.3 is 6.18 Å². The summed E-state index contributed by atoms with van der Waals surface area (Å²) in [6, 6.07) is 8.12. The van der Waals surface area contributed by atoms with Crippen LogP contribution < -0.4 is 15.5 Å². The SMILES string of the molecule is O=C(Nc1scnc1C(=O)Nc1cccc(N2CCCC2)c1)c1cncc(C(F)(F)F)c1. The number of nitrogens with one attached hydrogen (secondary N) is 2. The highest BCUT2D eigenvalue weighted by atomic mass is 32.1. The van der Waals surface area contributed by atoms with Crippen LogP contribution in [0.3, 0.4) is 0 Å². The molecule has 2 aromatic heterocycles. The third-order valence-electron chi connectivity index (χ3n) is 4.91. The standard InChI is InChI=1S/C21H18F3N5O2S/c22-21(23,24)14-8-13(10-25-11-14)18(30)28-20-17(26-12-32-20)19(31)27-15-4-3-5-16(9-15)29-6-1-2-7-29/h3-5,8-12H,1-2,6-7H2,(H,27,31)(H,28,30). The van der Waals surface area contributed by atoms with Crippen molar-refractivity contribution in [2.24, 2.45) is 0 Å². The molecular weight excluding hydrogens is 443 g/mol. The van der Waals surface area contributed by atoms with Gasteiger partial charge in [-0.3, -0.25) is 14.6 Å². The number of halogens is 3. The smallest absolute Gasteiger partial charge is 0.371 e. The molecule has 0 unspecified atom stereocenters. The average Bonchev–Trinajstić information content (AvgIpc) is 3.46. The van der Waals surface area contributed by atoms with Crippen LogP contribution in [0.25, 0.3) is 0 Å². The van der Waals surface area contributed by atoms with E-state index >= 15 is 0 Å². The number of nitrogens with zero attached hydrogens (tertiary/aromatic N) is 3. The van der Waals surface area contributed by atoms with Crippen molar-refractivity contribution in [3.8, 4) is 0 Å². The molecule has 3 heterocycles. The third kappa shape index (κ3) is 4.88. The largest absolute Gasteiger partial charge is 0.417 e. The fourth-order valence-electron chi connectivity index (χ4n) is 3.34. The van der Waals surface area contributed by atoms with Crippen LogP contribution in [0.1, 0.15) is 39.3 Å². The first-order valence-electron chi connectivity index (χ1n) is 9.75. The summed E-state index contributed by atoms with van der Waals surface area (Å²) in [6.07, 6.45) is -0.712. The van der Waals surface area contributed by atoms with Gasteiger partial charge in [-0.25, -0.2) is 4.98 Å². The summed E-state index contributed by atoms with van der Waals surface area (Å²) in [7, 11) is 0. The average molecular weight is 461 g/mol. The van der Waals surface area contributed by atoms with Gasteiger partial charge in [0, 0.05) is 36.9 Å². The van der Waals surface area contributed by atoms with E-state index in [1.54, 1.807) is 6.07 Å². The molecule has 2 amide bonds. The van der Waals surface area contributed by atoms with Crippen molar-refractivity contribution in [2.45, 2.75) is 19.0 Å². The van der Waals surface area contributed by atoms with E-state index in [-0.39, 0.29) is 16.3 Å². The molecule has 32 heavy (non-hydrogen) atoms. The summed E-state index contributed by atoms with van der Waals surface area (Å²) in [5, 5.41) is 5.33. The maximum absolute atomic E-state index is 12.9. The second-order valence-electron chi connectivity index (χ2n) is 7.14. The van der Waals surface area contributed by atoms with Gasteiger partial charge in [-0.1, -0.05) is 6.07 Å². The van der Waals surface area contributed by atoms with Gasteiger partial charge in [0.1, 0.15) is 5.00 Å². The monoisotopic (exact) mass is 461 g/mol. The molecule has 0 spiro atoms. The molecule has 166 valence electrons. The van der Waals surface area contributed by atoms with E-state index in [4.69, 9.17) is 0 Å². The molecule has 0 atom stereocenters. The van der Waals surface area contributed by atoms with E-state index in [0.717, 1.165) is 49.2 Å². The van der Waals surface area contributed by atoms with Crippen molar-refractivity contribution < 1.29 is 22.8 Å². The number of alkyl halides is 3. The lowest BCUT2D eigenvalue weighted by Gasteiger charge is -2.18. The van der Waals surface area contributed by atoms with Crippen LogP contribution in [0.5, 0.6) is 0 Å². The number of hydrogen-bond acceptors (Lipinski definition) is 6. The first-order chi connectivity index (χ1) is 15.3. The molecular formula is C21H18F3N5O2S. The molecule has 1 saturated heterocycles. The molecule has 2 N–H and O–H groups in total. The predicted molar refractivity (Wildman–Crippen MR) is 115 cm³/mol. The van der Waals surface area contributed by atoms with E-state index < -0.39 is 23.6 Å². The summed E-state index contributed by atoms with van der Waals surface area (Å²) in [4.78, 5) is 34.9. The Bertz CT molecular complexity index is 1140. The summed E-state index contributed by atoms with van der Waals surface area (Å²) in [6.45, 7) is 1.92. The molecule has 1 aliphatic heterocycles. The van der Waals surface area contributed by atoms with Crippen LogP contribution in [0, 0.1) is 0 Å². The molecule has 1 aromatic carbocycles. The van der Waals surface area contributed by atoms with Crippen molar-refractivity contribution in [1.29, 1.82) is 0 Å². The van der Waals surface area contributed by atoms with Gasteiger partial charge in [0.05, 0.1) is 16.6 Å². The highest BCUT2D eigenvalue weighted by Gasteiger charge is 2.31. The number of carbonyl (C=O) groups excluding carboxylic acids is 2. The van der Waals surface area contributed by atoms with Crippen molar-refractivity contribution in [1.82, 2.24) is 9.97 Å². The van der Waals surface area contributed by atoms with E-state index in [9.17, 15) is 22.8 Å². The van der Waals surface area contributed by atoms with Gasteiger partial charge in [0.15, 0.2) is 5.69 Å². The fourth-order valence-corrected chi connectivity index (χ4v) is 4.01. The number of aromatic nitrogens is 2. The Morgan fingerprint density at radius 1 is 1.03 bits per heavy atom. The van der Waals surface area contributed by atoms with Gasteiger partial charge in [-0.15, -0.1) is 11.3 Å². The van der Waals surface area contributed by atoms with Crippen LogP contribution in [0.2, 0.25) is 0 Å². The molecule has 0 bridgehead atoms. The van der Waals surface area contributed by atoms with Crippen LogP contribution in [-0.2, 0) is 6.18 Å². The van der Waals surface area contributed by atoms with Gasteiger partial charge < -0.3 is 15.5 Å². The summed E-state index contributed by atoms with van der Waals surface area (Å²) < 4.78 is 38.6. The minimum Gasteiger partial charge on any atom is -0.371 e. The Kier molecular flexibility index (Phi) is 6.08. The maximum Gasteiger partial charge on any atom is 0.417 e. The Labute approximate surface area is 185 Å². The maximum atomic E-state index is 12.9. The highest BCUT2D eigenvalue weighted by Crippen LogP contribution is 2.30. The number of anilines is 3. The van der Waals surface area contributed by atoms with E-state index in [2.05, 4.69) is 25.5 Å². The van der Waals surface area contributed by atoms with E-state index in [1.165, 1.54) is 5.51 Å². The number of rotatable bonds is 5. The Morgan fingerprint density at radius 2 is 1.81 bits per heavy atom. The topological polar surface area (TPSA) is 87.2 Å². The zero-order chi connectivity index (χ0) is 22.7. The number of benzene rings is 1. The quantitative estimate of drug-likeness (QED) is 0.577. The van der Waals surface area contributed by atoms with Crippen molar-refractivity contribution in [3.63, 3.8) is 0 Å². The second kappa shape index (κ2) is 8.95. The van der Waals surface area contributed by atoms with Crippen LogP contribution in [0.15, 0.2) is 48.2 Å². The van der Waals surface area contributed by atoms with E-state index in [0.29, 0.717) is 18.0 Å². The van der Waals surface area contributed by atoms with Crippen LogP contribution >= 0.6 is 11.3 Å². The summed E-state index contributed by atoms with van der Waals surface area (Å²) in [5.74, 6) is -1.36. The Hall–Kier alpha value is -3.47. The molecule has 0 radical (unpaired) electrons. The van der Waals surface area contributed by atoms with Crippen LogP contribution in [0.4, 0.5) is 29.5 Å². The molecule has 3 aromatic rings. The highest BCUT2D eigenvalue weighted by molar-refractivity contribution is 7.14. The number of thiazole rings is 1. The van der Waals surface area contributed by atoms with Crippen molar-refractivity contribution in [2.75, 3.05) is 28.6 Å². The first-order valence-corrected chi connectivity index (χ1v) is 10.6. The lowest BCUT2D eigenvalue weighted by molar-refractivity contribution is -0.137. The first kappa shape index (κ1) is 21.8. The minimum absolute atomic E-state index is 0.0325. The number of hydrogen-bond donors (Lipinski definition) is 2. The zero-order valence-electron chi connectivity index (χ0n) is 16.6. The molecule has 11 heteroatoms. The molecule has 1 fully saturated rings. The number of amides is 2. The third-order valence-corrected chi connectivity index (χ3v) is 5.65. The molecule has 7 nitrogen and oxygen atoms in total. The lowest BCUT2D eigenvalue weighted by Crippen LogP contribution is -2.19.